The van der Waals surface area contributed by atoms with E-state index in [4.69, 9.17) is 14.2 Å². The van der Waals surface area contributed by atoms with E-state index in [1.807, 2.05) is 20.8 Å². The van der Waals surface area contributed by atoms with Crippen molar-refractivity contribution in [1.29, 1.82) is 0 Å². The van der Waals surface area contributed by atoms with E-state index in [0.717, 1.165) is 0 Å². The summed E-state index contributed by atoms with van der Waals surface area (Å²) in [6, 6.07) is 3.05. The highest BCUT2D eigenvalue weighted by Crippen LogP contribution is 2.38. The highest BCUT2D eigenvalue weighted by molar-refractivity contribution is 5.93. The minimum atomic E-state index is -0.313. The molecule has 0 aromatic heterocycles. The molecule has 0 unspecified atom stereocenters. The van der Waals surface area contributed by atoms with Crippen molar-refractivity contribution in [2.75, 3.05) is 33.2 Å². The smallest absolute Gasteiger partial charge is 0.319 e. The molecule has 0 radical (unpaired) electrons. The van der Waals surface area contributed by atoms with E-state index in [9.17, 15) is 4.79 Å². The molecular formula is C15H24N2O4. The molecule has 0 spiro atoms. The van der Waals surface area contributed by atoms with Gasteiger partial charge in [-0.05, 0) is 5.41 Å². The zero-order valence-corrected chi connectivity index (χ0v) is 13.5. The third-order valence-electron chi connectivity index (χ3n) is 2.73. The standard InChI is InChI=1S/C15H24N2O4/c1-15(2,3)9-16-14(18)17-13-11(20-5)7-10(19-4)8-12(13)21-6/h7-8H,9H2,1-6H3,(H2,16,17,18). The molecule has 0 atom stereocenters. The lowest BCUT2D eigenvalue weighted by Crippen LogP contribution is -2.35. The molecule has 118 valence electrons. The van der Waals surface area contributed by atoms with Crippen LogP contribution in [-0.2, 0) is 0 Å². The first-order chi connectivity index (χ1) is 9.80. The molecule has 0 saturated heterocycles. The first-order valence-electron chi connectivity index (χ1n) is 6.65. The van der Waals surface area contributed by atoms with Crippen LogP contribution in [0.5, 0.6) is 17.2 Å². The third-order valence-corrected chi connectivity index (χ3v) is 2.73. The minimum Gasteiger partial charge on any atom is -0.496 e. The Hall–Kier alpha value is -2.11. The van der Waals surface area contributed by atoms with Gasteiger partial charge in [0.15, 0.2) is 0 Å². The second kappa shape index (κ2) is 7.06. The van der Waals surface area contributed by atoms with Crippen LogP contribution in [-0.4, -0.2) is 33.9 Å². The maximum absolute atomic E-state index is 12.0. The molecule has 0 aliphatic rings. The number of ether oxygens (including phenoxy) is 3. The number of amides is 2. The van der Waals surface area contributed by atoms with Crippen LogP contribution >= 0.6 is 0 Å². The Morgan fingerprint density at radius 2 is 1.57 bits per heavy atom. The van der Waals surface area contributed by atoms with Gasteiger partial charge in [-0.2, -0.15) is 0 Å². The van der Waals surface area contributed by atoms with Gasteiger partial charge >= 0.3 is 6.03 Å². The van der Waals surface area contributed by atoms with Gasteiger partial charge in [-0.3, -0.25) is 0 Å². The summed E-state index contributed by atoms with van der Waals surface area (Å²) in [6.07, 6.45) is 0. The molecule has 0 fully saturated rings. The molecule has 2 N–H and O–H groups in total. The maximum atomic E-state index is 12.0. The van der Waals surface area contributed by atoms with Crippen LogP contribution in [0.25, 0.3) is 0 Å². The SMILES string of the molecule is COc1cc(OC)c(NC(=O)NCC(C)(C)C)c(OC)c1. The predicted octanol–water partition coefficient (Wildman–Crippen LogP) is 2.88. The number of carbonyl (C=O) groups is 1. The molecule has 6 nitrogen and oxygen atoms in total. The minimum absolute atomic E-state index is 0.00538. The number of benzene rings is 1. The topological polar surface area (TPSA) is 68.8 Å². The van der Waals surface area contributed by atoms with Crippen molar-refractivity contribution in [1.82, 2.24) is 5.32 Å². The monoisotopic (exact) mass is 296 g/mol. The van der Waals surface area contributed by atoms with Crippen LogP contribution in [0.3, 0.4) is 0 Å². The molecule has 21 heavy (non-hydrogen) atoms. The van der Waals surface area contributed by atoms with Crippen LogP contribution in [0.4, 0.5) is 10.5 Å². The number of nitrogens with one attached hydrogen (secondary N) is 2. The summed E-state index contributed by atoms with van der Waals surface area (Å²) in [5.41, 5.74) is 0.470. The van der Waals surface area contributed by atoms with Crippen molar-refractivity contribution in [3.63, 3.8) is 0 Å². The van der Waals surface area contributed by atoms with Gasteiger partial charge < -0.3 is 24.8 Å². The lowest BCUT2D eigenvalue weighted by molar-refractivity contribution is 0.246. The molecule has 0 aliphatic carbocycles. The Balaban J connectivity index is 2.93. The molecular weight excluding hydrogens is 272 g/mol. The summed E-state index contributed by atoms with van der Waals surface area (Å²) in [5.74, 6) is 1.53. The largest absolute Gasteiger partial charge is 0.496 e. The van der Waals surface area contributed by atoms with Crippen molar-refractivity contribution in [2.24, 2.45) is 5.41 Å². The number of methoxy groups -OCH3 is 3. The van der Waals surface area contributed by atoms with E-state index in [1.54, 1.807) is 19.2 Å². The molecule has 1 rings (SSSR count). The van der Waals surface area contributed by atoms with Crippen molar-refractivity contribution in [3.8, 4) is 17.2 Å². The Labute approximate surface area is 125 Å². The van der Waals surface area contributed by atoms with Gasteiger partial charge in [0.1, 0.15) is 22.9 Å². The predicted molar refractivity (Wildman–Crippen MR) is 82.6 cm³/mol. The Bertz CT molecular complexity index is 470. The first kappa shape index (κ1) is 16.9. The second-order valence-corrected chi connectivity index (χ2v) is 5.78. The van der Waals surface area contributed by atoms with Crippen LogP contribution < -0.4 is 24.8 Å². The Morgan fingerprint density at radius 1 is 1.05 bits per heavy atom. The van der Waals surface area contributed by atoms with E-state index in [-0.39, 0.29) is 11.4 Å². The molecule has 0 saturated carbocycles. The summed E-state index contributed by atoms with van der Waals surface area (Å²) in [7, 11) is 4.59. The molecule has 0 aliphatic heterocycles. The third kappa shape index (κ3) is 5.06. The van der Waals surface area contributed by atoms with E-state index in [0.29, 0.717) is 29.5 Å². The van der Waals surface area contributed by atoms with E-state index >= 15 is 0 Å². The molecule has 0 bridgehead atoms. The zero-order valence-electron chi connectivity index (χ0n) is 13.5. The summed E-state index contributed by atoms with van der Waals surface area (Å²) in [4.78, 5) is 12.0. The van der Waals surface area contributed by atoms with Crippen LogP contribution in [0, 0.1) is 5.41 Å². The first-order valence-corrected chi connectivity index (χ1v) is 6.65. The number of rotatable bonds is 5. The van der Waals surface area contributed by atoms with Gasteiger partial charge in [0.05, 0.1) is 21.3 Å². The summed E-state index contributed by atoms with van der Waals surface area (Å²) in [5, 5.41) is 5.56. The number of hydrogen-bond donors (Lipinski definition) is 2. The fourth-order valence-electron chi connectivity index (χ4n) is 1.63. The highest BCUT2D eigenvalue weighted by Gasteiger charge is 2.17. The lowest BCUT2D eigenvalue weighted by atomic mass is 9.97. The van der Waals surface area contributed by atoms with Crippen molar-refractivity contribution < 1.29 is 19.0 Å². The van der Waals surface area contributed by atoms with Crippen LogP contribution in [0.15, 0.2) is 12.1 Å². The second-order valence-electron chi connectivity index (χ2n) is 5.78. The van der Waals surface area contributed by atoms with Gasteiger partial charge in [-0.25, -0.2) is 4.79 Å². The molecule has 1 aromatic rings. The summed E-state index contributed by atoms with van der Waals surface area (Å²) >= 11 is 0. The summed E-state index contributed by atoms with van der Waals surface area (Å²) in [6.45, 7) is 6.69. The number of carbonyl (C=O) groups excluding carboxylic acids is 1. The van der Waals surface area contributed by atoms with Crippen LogP contribution in [0.2, 0.25) is 0 Å². The fourth-order valence-corrected chi connectivity index (χ4v) is 1.63. The van der Waals surface area contributed by atoms with E-state index in [2.05, 4.69) is 10.6 Å². The van der Waals surface area contributed by atoms with Gasteiger partial charge in [0, 0.05) is 18.7 Å². The molecule has 6 heteroatoms. The molecule has 2 amide bonds. The fraction of sp³-hybridized carbons (Fsp3) is 0.533. The van der Waals surface area contributed by atoms with Crippen molar-refractivity contribution in [3.05, 3.63) is 12.1 Å². The quantitative estimate of drug-likeness (QED) is 0.876. The number of anilines is 1. The zero-order chi connectivity index (χ0) is 16.0. The van der Waals surface area contributed by atoms with Crippen molar-refractivity contribution in [2.45, 2.75) is 20.8 Å². The van der Waals surface area contributed by atoms with Gasteiger partial charge in [-0.1, -0.05) is 20.8 Å². The van der Waals surface area contributed by atoms with Gasteiger partial charge in [0.2, 0.25) is 0 Å². The number of urea groups is 1. The van der Waals surface area contributed by atoms with E-state index < -0.39 is 0 Å². The average molecular weight is 296 g/mol. The van der Waals surface area contributed by atoms with E-state index in [1.165, 1.54) is 14.2 Å². The Kier molecular flexibility index (Phi) is 5.69. The van der Waals surface area contributed by atoms with Crippen molar-refractivity contribution >= 4 is 11.7 Å². The number of hydrogen-bond acceptors (Lipinski definition) is 4. The summed E-state index contributed by atoms with van der Waals surface area (Å²) < 4.78 is 15.7. The van der Waals surface area contributed by atoms with Gasteiger partial charge in [-0.15, -0.1) is 0 Å². The molecule has 1 aromatic carbocycles. The molecule has 0 heterocycles. The normalized spacial score (nSPS) is 10.8. The maximum Gasteiger partial charge on any atom is 0.319 e. The Morgan fingerprint density at radius 3 is 1.95 bits per heavy atom. The lowest BCUT2D eigenvalue weighted by Gasteiger charge is -2.20. The van der Waals surface area contributed by atoms with Crippen LogP contribution in [0.1, 0.15) is 20.8 Å². The average Bonchev–Trinajstić information content (AvgIpc) is 2.44. The highest BCUT2D eigenvalue weighted by atomic mass is 16.5. The van der Waals surface area contributed by atoms with Gasteiger partial charge in [0.25, 0.3) is 0 Å².